The van der Waals surface area contributed by atoms with Crippen LogP contribution in [0.1, 0.15) is 42.4 Å². The molecule has 1 fully saturated rings. The molecule has 1 saturated carbocycles. The highest BCUT2D eigenvalue weighted by Crippen LogP contribution is 2.30. The summed E-state index contributed by atoms with van der Waals surface area (Å²) in [6.07, 6.45) is 4.07. The number of nitrogens with one attached hydrogen (secondary N) is 1. The zero-order chi connectivity index (χ0) is 33.4. The molecule has 4 aromatic carbocycles. The van der Waals surface area contributed by atoms with Crippen LogP contribution in [-0.2, 0) is 32.6 Å². The molecule has 1 aliphatic rings. The van der Waals surface area contributed by atoms with Crippen molar-refractivity contribution in [2.45, 2.75) is 62.6 Å². The third-order valence-corrected chi connectivity index (χ3v) is 10.5. The van der Waals surface area contributed by atoms with E-state index >= 15 is 0 Å². The van der Waals surface area contributed by atoms with Gasteiger partial charge in [-0.05, 0) is 72.9 Å². The first-order valence-corrected chi connectivity index (χ1v) is 17.6. The lowest BCUT2D eigenvalue weighted by molar-refractivity contribution is -0.140. The second-order valence-corrected chi connectivity index (χ2v) is 14.1. The summed E-state index contributed by atoms with van der Waals surface area (Å²) in [4.78, 5) is 30.4. The molecule has 1 aliphatic carbocycles. The summed E-state index contributed by atoms with van der Waals surface area (Å²) >= 11 is 6.37. The number of halogens is 1. The maximum Gasteiger partial charge on any atom is 0.264 e. The Morgan fingerprint density at radius 2 is 1.55 bits per heavy atom. The lowest BCUT2D eigenvalue weighted by atomic mass is 10.0. The number of aryl methyl sites for hydroxylation is 1. The van der Waals surface area contributed by atoms with Gasteiger partial charge >= 0.3 is 0 Å². The first kappa shape index (κ1) is 34.0. The van der Waals surface area contributed by atoms with Crippen LogP contribution in [0.4, 0.5) is 5.69 Å². The molecule has 47 heavy (non-hydrogen) atoms. The minimum absolute atomic E-state index is 0.0265. The number of hydrogen-bond donors (Lipinski definition) is 1. The standard InChI is InChI=1S/C37H40ClN3O5S/c1-27-20-21-30(38)24-34(27)41(47(44,45)33-18-7-4-8-19-33)26-36(42)40(25-29-14-11-17-32(22-29)46-2)35(23-28-12-5-3-6-13-28)37(43)39-31-15-9-10-16-31/h3-8,11-14,17-22,24,31,35H,9-10,15-16,23,25-26H2,1-2H3,(H,39,43)/t35-/m1/s1. The van der Waals surface area contributed by atoms with Gasteiger partial charge in [0.25, 0.3) is 10.0 Å². The number of nitrogens with zero attached hydrogens (tertiary/aromatic N) is 2. The lowest BCUT2D eigenvalue weighted by Gasteiger charge is -2.34. The Kier molecular flexibility index (Phi) is 11.2. The molecule has 0 aromatic heterocycles. The summed E-state index contributed by atoms with van der Waals surface area (Å²) in [5, 5.41) is 3.52. The molecule has 0 aliphatic heterocycles. The molecule has 0 spiro atoms. The fourth-order valence-electron chi connectivity index (χ4n) is 5.97. The van der Waals surface area contributed by atoms with Gasteiger partial charge in [0.1, 0.15) is 18.3 Å². The monoisotopic (exact) mass is 673 g/mol. The van der Waals surface area contributed by atoms with Gasteiger partial charge in [0, 0.05) is 24.0 Å². The summed E-state index contributed by atoms with van der Waals surface area (Å²) in [6.45, 7) is 1.27. The molecular weight excluding hydrogens is 634 g/mol. The second-order valence-electron chi connectivity index (χ2n) is 11.8. The van der Waals surface area contributed by atoms with Crippen molar-refractivity contribution in [2.24, 2.45) is 0 Å². The van der Waals surface area contributed by atoms with E-state index in [9.17, 15) is 18.0 Å². The Hall–Kier alpha value is -4.34. The van der Waals surface area contributed by atoms with Gasteiger partial charge in [0.2, 0.25) is 11.8 Å². The van der Waals surface area contributed by atoms with Crippen molar-refractivity contribution in [3.8, 4) is 5.75 Å². The molecule has 4 aromatic rings. The fourth-order valence-corrected chi connectivity index (χ4v) is 7.63. The van der Waals surface area contributed by atoms with E-state index in [0.717, 1.165) is 41.1 Å². The molecule has 10 heteroatoms. The van der Waals surface area contributed by atoms with E-state index in [0.29, 0.717) is 16.3 Å². The molecule has 2 amide bonds. The summed E-state index contributed by atoms with van der Waals surface area (Å²) in [5.74, 6) is -0.199. The van der Waals surface area contributed by atoms with E-state index in [4.69, 9.17) is 16.3 Å². The highest BCUT2D eigenvalue weighted by molar-refractivity contribution is 7.92. The fraction of sp³-hybridized carbons (Fsp3) is 0.297. The van der Waals surface area contributed by atoms with Crippen molar-refractivity contribution >= 4 is 39.1 Å². The maximum atomic E-state index is 14.7. The first-order valence-electron chi connectivity index (χ1n) is 15.8. The smallest absolute Gasteiger partial charge is 0.264 e. The van der Waals surface area contributed by atoms with E-state index in [1.807, 2.05) is 48.5 Å². The Morgan fingerprint density at radius 1 is 0.894 bits per heavy atom. The summed E-state index contributed by atoms with van der Waals surface area (Å²) in [5.41, 5.74) is 2.52. The number of amides is 2. The van der Waals surface area contributed by atoms with Crippen molar-refractivity contribution in [1.29, 1.82) is 0 Å². The SMILES string of the molecule is COc1cccc(CN(C(=O)CN(c2cc(Cl)ccc2C)S(=O)(=O)c2ccccc2)[C@H](Cc2ccccc2)C(=O)NC2CCCC2)c1. The summed E-state index contributed by atoms with van der Waals surface area (Å²) in [7, 11) is -2.66. The quantitative estimate of drug-likeness (QED) is 0.174. The van der Waals surface area contributed by atoms with Crippen molar-refractivity contribution in [2.75, 3.05) is 18.0 Å². The minimum atomic E-state index is -4.22. The third kappa shape index (κ3) is 8.53. The molecule has 0 heterocycles. The molecule has 8 nitrogen and oxygen atoms in total. The Balaban J connectivity index is 1.59. The van der Waals surface area contributed by atoms with Gasteiger partial charge in [0.05, 0.1) is 17.7 Å². The van der Waals surface area contributed by atoms with Crippen LogP contribution >= 0.6 is 11.6 Å². The summed E-state index contributed by atoms with van der Waals surface area (Å²) in [6, 6.07) is 28.9. The van der Waals surface area contributed by atoms with E-state index in [1.54, 1.807) is 56.5 Å². The molecule has 1 atom stereocenters. The van der Waals surface area contributed by atoms with Gasteiger partial charge in [-0.3, -0.25) is 13.9 Å². The molecule has 5 rings (SSSR count). The summed E-state index contributed by atoms with van der Waals surface area (Å²) < 4.78 is 35.0. The van der Waals surface area contributed by atoms with Crippen molar-refractivity contribution in [1.82, 2.24) is 10.2 Å². The number of benzene rings is 4. The van der Waals surface area contributed by atoms with Crippen LogP contribution in [0.15, 0.2) is 108 Å². The molecule has 0 saturated heterocycles. The average molecular weight is 674 g/mol. The number of sulfonamides is 1. The van der Waals surface area contributed by atoms with Crippen molar-refractivity contribution < 1.29 is 22.7 Å². The highest BCUT2D eigenvalue weighted by Gasteiger charge is 2.36. The number of ether oxygens (including phenoxy) is 1. The number of anilines is 1. The van der Waals surface area contributed by atoms with Crippen molar-refractivity contribution in [3.63, 3.8) is 0 Å². The maximum absolute atomic E-state index is 14.7. The predicted octanol–water partition coefficient (Wildman–Crippen LogP) is 6.55. The van der Waals surface area contributed by atoms with E-state index in [1.165, 1.54) is 17.0 Å². The molecule has 246 valence electrons. The topological polar surface area (TPSA) is 96.0 Å². The molecular formula is C37H40ClN3O5S. The lowest BCUT2D eigenvalue weighted by Crippen LogP contribution is -2.54. The van der Waals surface area contributed by atoms with Gasteiger partial charge in [-0.2, -0.15) is 0 Å². The van der Waals surface area contributed by atoms with E-state index in [-0.39, 0.29) is 35.5 Å². The average Bonchev–Trinajstić information content (AvgIpc) is 3.60. The predicted molar refractivity (Wildman–Crippen MR) is 185 cm³/mol. The molecule has 0 unspecified atom stereocenters. The number of rotatable bonds is 13. The Labute approximate surface area is 282 Å². The van der Waals surface area contributed by atoms with Crippen LogP contribution in [0, 0.1) is 6.92 Å². The van der Waals surface area contributed by atoms with Gasteiger partial charge in [-0.25, -0.2) is 8.42 Å². The van der Waals surface area contributed by atoms with Gasteiger partial charge in [-0.15, -0.1) is 0 Å². The van der Waals surface area contributed by atoms with Gasteiger partial charge in [-0.1, -0.05) is 91.2 Å². The molecule has 1 N–H and O–H groups in total. The minimum Gasteiger partial charge on any atom is -0.497 e. The first-order chi connectivity index (χ1) is 22.7. The third-order valence-electron chi connectivity index (χ3n) is 8.51. The number of hydrogen-bond acceptors (Lipinski definition) is 5. The van der Waals surface area contributed by atoms with E-state index in [2.05, 4.69) is 5.32 Å². The largest absolute Gasteiger partial charge is 0.497 e. The molecule has 0 radical (unpaired) electrons. The van der Waals surface area contributed by atoms with Crippen LogP contribution in [-0.4, -0.2) is 50.9 Å². The Morgan fingerprint density at radius 3 is 2.23 bits per heavy atom. The second kappa shape index (κ2) is 15.5. The number of methoxy groups -OCH3 is 1. The van der Waals surface area contributed by atoms with Gasteiger partial charge in [0.15, 0.2) is 0 Å². The van der Waals surface area contributed by atoms with Crippen LogP contribution < -0.4 is 14.4 Å². The van der Waals surface area contributed by atoms with Crippen molar-refractivity contribution in [3.05, 3.63) is 125 Å². The number of carbonyl (C=O) groups is 2. The van der Waals surface area contributed by atoms with Crippen LogP contribution in [0.5, 0.6) is 5.75 Å². The highest BCUT2D eigenvalue weighted by atomic mass is 35.5. The zero-order valence-electron chi connectivity index (χ0n) is 26.6. The number of carbonyl (C=O) groups excluding carboxylic acids is 2. The Bertz CT molecular complexity index is 1780. The van der Waals surface area contributed by atoms with Crippen LogP contribution in [0.3, 0.4) is 0 Å². The zero-order valence-corrected chi connectivity index (χ0v) is 28.2. The van der Waals surface area contributed by atoms with Gasteiger partial charge < -0.3 is 15.0 Å². The normalized spacial score (nSPS) is 13.9. The van der Waals surface area contributed by atoms with Crippen LogP contribution in [0.25, 0.3) is 0 Å². The van der Waals surface area contributed by atoms with E-state index < -0.39 is 28.5 Å². The molecule has 0 bridgehead atoms. The van der Waals surface area contributed by atoms with Crippen LogP contribution in [0.2, 0.25) is 5.02 Å².